The van der Waals surface area contributed by atoms with Crippen LogP contribution in [0.4, 0.5) is 0 Å². The van der Waals surface area contributed by atoms with E-state index in [-0.39, 0.29) is 31.0 Å². The van der Waals surface area contributed by atoms with Gasteiger partial charge in [0.15, 0.2) is 6.61 Å². The maximum atomic E-state index is 13.7. The number of carbonyl (C=O) groups is 2. The lowest BCUT2D eigenvalue weighted by atomic mass is 9.94. The summed E-state index contributed by atoms with van der Waals surface area (Å²) < 4.78 is 5.79. The molecule has 4 rings (SSSR count). The van der Waals surface area contributed by atoms with Crippen molar-refractivity contribution >= 4 is 35.0 Å². The van der Waals surface area contributed by atoms with Crippen LogP contribution in [0.1, 0.15) is 43.2 Å². The van der Waals surface area contributed by atoms with Crippen LogP contribution in [-0.4, -0.2) is 35.4 Å². The van der Waals surface area contributed by atoms with Crippen molar-refractivity contribution in [1.29, 1.82) is 0 Å². The molecule has 7 heteroatoms. The van der Waals surface area contributed by atoms with Crippen LogP contribution in [0.2, 0.25) is 10.0 Å². The van der Waals surface area contributed by atoms with Gasteiger partial charge in [0.1, 0.15) is 11.8 Å². The van der Waals surface area contributed by atoms with E-state index in [9.17, 15) is 9.59 Å². The van der Waals surface area contributed by atoms with Crippen LogP contribution in [0.3, 0.4) is 0 Å². The summed E-state index contributed by atoms with van der Waals surface area (Å²) in [6.45, 7) is 0.0309. The second-order valence-electron chi connectivity index (χ2n) is 9.42. The Morgan fingerprint density at radius 1 is 0.892 bits per heavy atom. The molecule has 0 saturated heterocycles. The number of hydrogen-bond donors (Lipinski definition) is 1. The fourth-order valence-electron chi connectivity index (χ4n) is 4.69. The van der Waals surface area contributed by atoms with Crippen molar-refractivity contribution in [3.63, 3.8) is 0 Å². The van der Waals surface area contributed by atoms with E-state index < -0.39 is 6.04 Å². The van der Waals surface area contributed by atoms with Crippen LogP contribution in [0, 0.1) is 0 Å². The fourth-order valence-corrected chi connectivity index (χ4v) is 5.16. The van der Waals surface area contributed by atoms with Crippen molar-refractivity contribution in [1.82, 2.24) is 10.2 Å². The Hall–Kier alpha value is -3.02. The average molecular weight is 540 g/mol. The molecule has 1 N–H and O–H groups in total. The monoisotopic (exact) mass is 538 g/mol. The van der Waals surface area contributed by atoms with E-state index in [1.54, 1.807) is 23.1 Å². The summed E-state index contributed by atoms with van der Waals surface area (Å²) in [5.41, 5.74) is 1.92. The highest BCUT2D eigenvalue weighted by molar-refractivity contribution is 6.35. The average Bonchev–Trinajstić information content (AvgIpc) is 2.91. The van der Waals surface area contributed by atoms with Gasteiger partial charge in [-0.2, -0.15) is 0 Å². The van der Waals surface area contributed by atoms with Gasteiger partial charge in [-0.3, -0.25) is 9.59 Å². The highest BCUT2D eigenvalue weighted by Gasteiger charge is 2.32. The predicted octanol–water partition coefficient (Wildman–Crippen LogP) is 6.46. The third-order valence-electron chi connectivity index (χ3n) is 6.66. The maximum absolute atomic E-state index is 13.7. The van der Waals surface area contributed by atoms with Gasteiger partial charge in [-0.25, -0.2) is 0 Å². The van der Waals surface area contributed by atoms with Crippen LogP contribution in [0.25, 0.3) is 0 Å². The van der Waals surface area contributed by atoms with E-state index in [0.717, 1.165) is 36.8 Å². The Kier molecular flexibility index (Phi) is 9.86. The number of benzene rings is 3. The number of nitrogens with one attached hydrogen (secondary N) is 1. The van der Waals surface area contributed by atoms with Crippen LogP contribution in [-0.2, 0) is 22.6 Å². The minimum atomic E-state index is -0.693. The van der Waals surface area contributed by atoms with Crippen molar-refractivity contribution in [2.24, 2.45) is 0 Å². The molecule has 2 amide bonds. The number of nitrogens with zero attached hydrogens (tertiary/aromatic N) is 1. The standard InChI is InChI=1S/C30H32Cl2N2O3/c31-24-16-17-28(26(32)19-24)37-21-29(35)34(20-23-12-6-2-7-13-23)27(18-22-10-4-1-5-11-22)30(36)33-25-14-8-3-9-15-25/h1-2,4-7,10-13,16-17,19,25,27H,3,8-9,14-15,18,20-21H2,(H,33,36). The summed E-state index contributed by atoms with van der Waals surface area (Å²) in [5.74, 6) is -0.0653. The van der Waals surface area contributed by atoms with Gasteiger partial charge in [-0.05, 0) is 42.2 Å². The molecule has 37 heavy (non-hydrogen) atoms. The highest BCUT2D eigenvalue weighted by atomic mass is 35.5. The Balaban J connectivity index is 1.60. The van der Waals surface area contributed by atoms with E-state index >= 15 is 0 Å². The minimum absolute atomic E-state index is 0.135. The van der Waals surface area contributed by atoms with Gasteiger partial charge in [0, 0.05) is 24.0 Å². The molecule has 5 nitrogen and oxygen atoms in total. The molecule has 1 atom stereocenters. The molecule has 0 spiro atoms. The Bertz CT molecular complexity index is 1170. The normalized spacial score (nSPS) is 14.5. The molecule has 0 bridgehead atoms. The van der Waals surface area contributed by atoms with Crippen molar-refractivity contribution in [3.05, 3.63) is 100 Å². The molecule has 1 saturated carbocycles. The second kappa shape index (κ2) is 13.5. The fraction of sp³-hybridized carbons (Fsp3) is 0.333. The van der Waals surface area contributed by atoms with Gasteiger partial charge in [-0.15, -0.1) is 0 Å². The summed E-state index contributed by atoms with van der Waals surface area (Å²) in [5, 5.41) is 4.05. The van der Waals surface area contributed by atoms with Gasteiger partial charge >= 0.3 is 0 Å². The molecule has 1 unspecified atom stereocenters. The first-order chi connectivity index (χ1) is 18.0. The molecule has 0 radical (unpaired) electrons. The largest absolute Gasteiger partial charge is 0.482 e. The molecule has 1 fully saturated rings. The van der Waals surface area contributed by atoms with Gasteiger partial charge < -0.3 is 15.0 Å². The number of halogens is 2. The van der Waals surface area contributed by atoms with E-state index in [2.05, 4.69) is 5.32 Å². The molecule has 1 aliphatic carbocycles. The summed E-state index contributed by atoms with van der Waals surface area (Å²) in [6, 6.07) is 23.8. The van der Waals surface area contributed by atoms with Crippen LogP contribution in [0.5, 0.6) is 5.75 Å². The topological polar surface area (TPSA) is 58.6 Å². The molecule has 0 heterocycles. The first-order valence-corrected chi connectivity index (χ1v) is 13.5. The van der Waals surface area contributed by atoms with Crippen LogP contribution >= 0.6 is 23.2 Å². The summed E-state index contributed by atoms with van der Waals surface area (Å²) in [7, 11) is 0. The molecule has 0 aromatic heterocycles. The molecule has 3 aromatic carbocycles. The number of hydrogen-bond acceptors (Lipinski definition) is 3. The molecule has 194 valence electrons. The molecular weight excluding hydrogens is 507 g/mol. The quantitative estimate of drug-likeness (QED) is 0.322. The van der Waals surface area contributed by atoms with Crippen molar-refractivity contribution in [2.75, 3.05) is 6.61 Å². The SMILES string of the molecule is O=C(NC1CCCCC1)C(Cc1ccccc1)N(Cc1ccccc1)C(=O)COc1ccc(Cl)cc1Cl. The lowest BCUT2D eigenvalue weighted by Crippen LogP contribution is -2.53. The van der Waals surface area contributed by atoms with E-state index in [1.165, 1.54) is 6.42 Å². The number of carbonyl (C=O) groups excluding carboxylic acids is 2. The van der Waals surface area contributed by atoms with Gasteiger partial charge in [-0.1, -0.05) is 103 Å². The van der Waals surface area contributed by atoms with Crippen molar-refractivity contribution in [3.8, 4) is 5.75 Å². The summed E-state index contributed by atoms with van der Waals surface area (Å²) in [4.78, 5) is 29.0. The highest BCUT2D eigenvalue weighted by Crippen LogP contribution is 2.28. The zero-order valence-corrected chi connectivity index (χ0v) is 22.3. The Morgan fingerprint density at radius 3 is 2.19 bits per heavy atom. The Labute approximate surface area is 228 Å². The van der Waals surface area contributed by atoms with Crippen molar-refractivity contribution < 1.29 is 14.3 Å². The first-order valence-electron chi connectivity index (χ1n) is 12.7. The maximum Gasteiger partial charge on any atom is 0.261 e. The molecule has 0 aliphatic heterocycles. The van der Waals surface area contributed by atoms with E-state index in [1.807, 2.05) is 60.7 Å². The zero-order chi connectivity index (χ0) is 26.0. The van der Waals surface area contributed by atoms with Crippen LogP contribution < -0.4 is 10.1 Å². The smallest absolute Gasteiger partial charge is 0.261 e. The van der Waals surface area contributed by atoms with Gasteiger partial charge in [0.25, 0.3) is 5.91 Å². The second-order valence-corrected chi connectivity index (χ2v) is 10.3. The lowest BCUT2D eigenvalue weighted by Gasteiger charge is -2.33. The van der Waals surface area contributed by atoms with E-state index in [0.29, 0.717) is 22.2 Å². The molecule has 1 aliphatic rings. The zero-order valence-electron chi connectivity index (χ0n) is 20.7. The lowest BCUT2D eigenvalue weighted by molar-refractivity contribution is -0.143. The summed E-state index contributed by atoms with van der Waals surface area (Å²) >= 11 is 12.2. The third kappa shape index (κ3) is 7.98. The number of amides is 2. The van der Waals surface area contributed by atoms with Crippen LogP contribution in [0.15, 0.2) is 78.9 Å². The van der Waals surface area contributed by atoms with Gasteiger partial charge in [0.2, 0.25) is 5.91 Å². The van der Waals surface area contributed by atoms with Gasteiger partial charge in [0.05, 0.1) is 5.02 Å². The molecular formula is C30H32Cl2N2O3. The number of rotatable bonds is 10. The van der Waals surface area contributed by atoms with E-state index in [4.69, 9.17) is 27.9 Å². The third-order valence-corrected chi connectivity index (χ3v) is 7.19. The summed E-state index contributed by atoms with van der Waals surface area (Å²) in [6.07, 6.45) is 5.75. The Morgan fingerprint density at radius 2 is 1.54 bits per heavy atom. The predicted molar refractivity (Wildman–Crippen MR) is 148 cm³/mol. The number of ether oxygens (including phenoxy) is 1. The van der Waals surface area contributed by atoms with Crippen molar-refractivity contribution in [2.45, 2.75) is 57.2 Å². The minimum Gasteiger partial charge on any atom is -0.482 e. The molecule has 3 aromatic rings. The first kappa shape index (κ1) is 27.0.